The van der Waals surface area contributed by atoms with Crippen LogP contribution in [-0.4, -0.2) is 82.6 Å². The van der Waals surface area contributed by atoms with Gasteiger partial charge in [0.05, 0.1) is 11.6 Å². The van der Waals surface area contributed by atoms with E-state index in [1.54, 1.807) is 20.2 Å². The normalized spacial score (nSPS) is 25.7. The highest BCUT2D eigenvalue weighted by Crippen LogP contribution is 2.53. The Hall–Kier alpha value is -4.19. The van der Waals surface area contributed by atoms with Crippen molar-refractivity contribution in [3.05, 3.63) is 69.7 Å². The van der Waals surface area contributed by atoms with Gasteiger partial charge in [-0.25, -0.2) is 0 Å². The van der Waals surface area contributed by atoms with E-state index in [-0.39, 0.29) is 36.3 Å². The van der Waals surface area contributed by atoms with E-state index >= 15 is 0 Å². The highest BCUT2D eigenvalue weighted by Gasteiger charge is 2.63. The fraction of sp³-hybridized carbons (Fsp3) is 0.367. The van der Waals surface area contributed by atoms with Crippen LogP contribution in [0.5, 0.6) is 5.75 Å². The summed E-state index contributed by atoms with van der Waals surface area (Å²) in [5, 5.41) is 45.3. The molecule has 0 aliphatic heterocycles. The largest absolute Gasteiger partial charge is 0.510 e. The van der Waals surface area contributed by atoms with E-state index < -0.39 is 58.0 Å². The molecule has 3 aliphatic carbocycles. The predicted molar refractivity (Wildman–Crippen MR) is 151 cm³/mol. The first-order valence-corrected chi connectivity index (χ1v) is 13.3. The van der Waals surface area contributed by atoms with Crippen molar-refractivity contribution in [2.75, 3.05) is 33.1 Å². The number of primary amides is 1. The van der Waals surface area contributed by atoms with Crippen molar-refractivity contribution in [3.63, 3.8) is 0 Å². The van der Waals surface area contributed by atoms with Gasteiger partial charge in [0, 0.05) is 43.4 Å². The quantitative estimate of drug-likeness (QED) is 0.290. The number of likely N-dealkylation sites (N-methyl/N-ethyl adjacent to an activating group) is 1. The number of phenols is 1. The molecule has 8 N–H and O–H groups in total. The number of allylic oxidation sites excluding steroid dienone is 1. The van der Waals surface area contributed by atoms with Gasteiger partial charge in [-0.15, -0.1) is 0 Å². The number of phenolic OH excluding ortho intramolecular Hbond substituents is 1. The molecule has 2 aromatic carbocycles. The zero-order chi connectivity index (χ0) is 30.1. The minimum atomic E-state index is -2.68. The third kappa shape index (κ3) is 3.95. The molecule has 0 radical (unpaired) electrons. The van der Waals surface area contributed by atoms with Crippen LogP contribution in [0.2, 0.25) is 0 Å². The van der Waals surface area contributed by atoms with Gasteiger partial charge in [-0.1, -0.05) is 12.1 Å². The van der Waals surface area contributed by atoms with E-state index in [9.17, 15) is 34.8 Å². The molecule has 5 rings (SSSR count). The number of nitrogens with two attached hydrogens (primary N) is 2. The highest BCUT2D eigenvalue weighted by molar-refractivity contribution is 6.25. The maximum absolute atomic E-state index is 14.1. The third-order valence-electron chi connectivity index (χ3n) is 8.72. The van der Waals surface area contributed by atoms with Crippen LogP contribution in [0.25, 0.3) is 11.1 Å². The predicted octanol–water partition coefficient (Wildman–Crippen LogP) is 1.31. The molecular weight excluding hydrogens is 528 g/mol. The second kappa shape index (κ2) is 9.72. The summed E-state index contributed by atoms with van der Waals surface area (Å²) < 4.78 is 0. The summed E-state index contributed by atoms with van der Waals surface area (Å²) >= 11 is 0. The molecule has 0 saturated heterocycles. The van der Waals surface area contributed by atoms with Crippen LogP contribution in [0.15, 0.2) is 53.0 Å². The number of hydrogen-bond donors (Lipinski definition) is 6. The molecule has 11 heteroatoms. The van der Waals surface area contributed by atoms with Gasteiger partial charge in [-0.3, -0.25) is 19.3 Å². The van der Waals surface area contributed by atoms with E-state index in [1.807, 2.05) is 43.3 Å². The van der Waals surface area contributed by atoms with E-state index in [0.29, 0.717) is 16.7 Å². The van der Waals surface area contributed by atoms with E-state index in [0.717, 1.165) is 11.3 Å². The van der Waals surface area contributed by atoms with Crippen LogP contribution >= 0.6 is 0 Å². The number of benzene rings is 2. The molecule has 1 amide bonds. The van der Waals surface area contributed by atoms with Crippen LogP contribution in [-0.2, 0) is 22.6 Å². The number of aliphatic hydroxyl groups excluding tert-OH is 2. The maximum atomic E-state index is 14.1. The molecule has 0 spiro atoms. The molecule has 0 saturated carbocycles. The lowest BCUT2D eigenvalue weighted by Gasteiger charge is -2.50. The average Bonchev–Trinajstić information content (AvgIpc) is 2.90. The number of hydrogen-bond acceptors (Lipinski definition) is 10. The molecule has 0 unspecified atom stereocenters. The molecule has 3 aliphatic rings. The fourth-order valence-electron chi connectivity index (χ4n) is 6.73. The Morgan fingerprint density at radius 3 is 2.24 bits per heavy atom. The number of aliphatic hydroxyl groups is 3. The van der Waals surface area contributed by atoms with Gasteiger partial charge in [-0.05, 0) is 67.7 Å². The first kappa shape index (κ1) is 28.3. The van der Waals surface area contributed by atoms with Gasteiger partial charge in [0.1, 0.15) is 22.8 Å². The van der Waals surface area contributed by atoms with Crippen molar-refractivity contribution in [3.8, 4) is 16.9 Å². The first-order chi connectivity index (χ1) is 19.2. The molecule has 0 fully saturated rings. The Labute approximate surface area is 237 Å². The van der Waals surface area contributed by atoms with Gasteiger partial charge < -0.3 is 36.8 Å². The number of rotatable bonds is 5. The molecular formula is C30H34N4O7. The lowest BCUT2D eigenvalue weighted by molar-refractivity contribution is -0.148. The monoisotopic (exact) mass is 562 g/mol. The van der Waals surface area contributed by atoms with Crippen LogP contribution in [0.3, 0.4) is 0 Å². The third-order valence-corrected chi connectivity index (χ3v) is 8.72. The lowest BCUT2D eigenvalue weighted by Crippen LogP contribution is -2.63. The Balaban J connectivity index is 1.73. The second-order valence-electron chi connectivity index (χ2n) is 11.4. The standard InChI is InChI=1S/C30H34N4O7/c1-33(2)16-7-5-13(6-8-16)17-10-15(12-31)24(35)21-18(17)9-14-11-19-23(34(3)4)26(37)22(29(32)40)28(39)30(19,41)27(38)20(14)25(21)36/h5-8,10,14,19,23,35,37-38,41H,9,11-12,31H2,1-4H3,(H2,32,40)/t14-,19-,23+,30-/m0/s1. The first-order valence-electron chi connectivity index (χ1n) is 13.3. The molecule has 0 heterocycles. The SMILES string of the molecule is CN(C)c1ccc(-c2cc(CN)c(O)c3c2C[C@H]2C[C@H]4[C@@H](N(C)C)C(O)=C(C(N)=O)C(=O)[C@@]4(O)C(O)=C2C3=O)cc1. The molecule has 4 atom stereocenters. The molecule has 2 aromatic rings. The number of Topliss-reactive ketones (excluding diaryl/α,β-unsaturated/α-hetero) is 2. The van der Waals surface area contributed by atoms with Crippen LogP contribution in [0, 0.1) is 11.8 Å². The summed E-state index contributed by atoms with van der Waals surface area (Å²) in [6, 6.07) is 8.38. The zero-order valence-electron chi connectivity index (χ0n) is 23.3. The van der Waals surface area contributed by atoms with Gasteiger partial charge in [-0.2, -0.15) is 0 Å². The van der Waals surface area contributed by atoms with E-state index in [1.165, 1.54) is 4.90 Å². The Morgan fingerprint density at radius 1 is 1.07 bits per heavy atom. The van der Waals surface area contributed by atoms with Crippen molar-refractivity contribution in [1.82, 2.24) is 4.90 Å². The number of anilines is 1. The lowest BCUT2D eigenvalue weighted by atomic mass is 9.58. The zero-order valence-corrected chi connectivity index (χ0v) is 23.3. The number of fused-ring (bicyclic) bond motifs is 3. The molecule has 0 aromatic heterocycles. The number of carbonyl (C=O) groups excluding carboxylic acids is 3. The minimum Gasteiger partial charge on any atom is -0.510 e. The Morgan fingerprint density at radius 2 is 1.71 bits per heavy atom. The minimum absolute atomic E-state index is 0.0180. The van der Waals surface area contributed by atoms with Gasteiger partial charge >= 0.3 is 0 Å². The topological polar surface area (TPSA) is 191 Å². The van der Waals surface area contributed by atoms with Crippen molar-refractivity contribution in [1.29, 1.82) is 0 Å². The highest BCUT2D eigenvalue weighted by atomic mass is 16.3. The van der Waals surface area contributed by atoms with Crippen LogP contribution in [0.4, 0.5) is 5.69 Å². The maximum Gasteiger partial charge on any atom is 0.255 e. The number of nitrogens with zero attached hydrogens (tertiary/aromatic N) is 2. The Kier molecular flexibility index (Phi) is 6.72. The molecule has 216 valence electrons. The summed E-state index contributed by atoms with van der Waals surface area (Å²) in [6.07, 6.45) is 0.210. The van der Waals surface area contributed by atoms with Crippen molar-refractivity contribution in [2.24, 2.45) is 23.3 Å². The second-order valence-corrected chi connectivity index (χ2v) is 11.4. The summed E-state index contributed by atoms with van der Waals surface area (Å²) in [5.74, 6) is -6.85. The summed E-state index contributed by atoms with van der Waals surface area (Å²) in [5.41, 5.74) is 10.9. The van der Waals surface area contributed by atoms with Crippen molar-refractivity contribution in [2.45, 2.75) is 31.0 Å². The van der Waals surface area contributed by atoms with E-state index in [2.05, 4.69) is 0 Å². The number of carbonyl (C=O) groups is 3. The summed E-state index contributed by atoms with van der Waals surface area (Å²) in [6.45, 7) is -0.0648. The fourth-order valence-corrected chi connectivity index (χ4v) is 6.73. The van der Waals surface area contributed by atoms with Gasteiger partial charge in [0.2, 0.25) is 5.78 Å². The molecule has 41 heavy (non-hydrogen) atoms. The molecule has 0 bridgehead atoms. The Bertz CT molecular complexity index is 1560. The number of amides is 1. The average molecular weight is 563 g/mol. The summed E-state index contributed by atoms with van der Waals surface area (Å²) in [7, 11) is 7.03. The van der Waals surface area contributed by atoms with Crippen molar-refractivity contribution < 1.29 is 34.8 Å². The molecule has 11 nitrogen and oxygen atoms in total. The van der Waals surface area contributed by atoms with Crippen molar-refractivity contribution >= 4 is 23.2 Å². The van der Waals surface area contributed by atoms with Crippen LogP contribution < -0.4 is 16.4 Å². The summed E-state index contributed by atoms with van der Waals surface area (Å²) in [4.78, 5) is 43.2. The number of ketones is 2. The smallest absolute Gasteiger partial charge is 0.255 e. The number of aromatic hydroxyl groups is 1. The van der Waals surface area contributed by atoms with Crippen LogP contribution in [0.1, 0.15) is 27.9 Å². The van der Waals surface area contributed by atoms with Gasteiger partial charge in [0.25, 0.3) is 5.91 Å². The van der Waals surface area contributed by atoms with E-state index in [4.69, 9.17) is 11.5 Å². The van der Waals surface area contributed by atoms with Gasteiger partial charge in [0.15, 0.2) is 11.4 Å².